The number of carbonyl (C=O) groups excluding carboxylic acids is 1. The van der Waals surface area contributed by atoms with Crippen molar-refractivity contribution in [3.05, 3.63) is 52.8 Å². The highest BCUT2D eigenvalue weighted by Gasteiger charge is 2.30. The number of hydrogen-bond acceptors (Lipinski definition) is 3. The summed E-state index contributed by atoms with van der Waals surface area (Å²) >= 11 is 6.00. The number of benzene rings is 1. The van der Waals surface area contributed by atoms with Gasteiger partial charge >= 0.3 is 0 Å². The number of rotatable bonds is 4. The molecule has 25 heavy (non-hydrogen) atoms. The van der Waals surface area contributed by atoms with Crippen LogP contribution in [-0.2, 0) is 18.3 Å². The van der Waals surface area contributed by atoms with Gasteiger partial charge in [-0.2, -0.15) is 0 Å². The van der Waals surface area contributed by atoms with Gasteiger partial charge in [0.15, 0.2) is 0 Å². The van der Waals surface area contributed by atoms with Crippen molar-refractivity contribution in [2.75, 3.05) is 13.1 Å². The molecule has 0 saturated carbocycles. The Labute approximate surface area is 151 Å². The minimum Gasteiger partial charge on any atom is -0.385 e. The van der Waals surface area contributed by atoms with Gasteiger partial charge in [0.05, 0.1) is 6.42 Å². The summed E-state index contributed by atoms with van der Waals surface area (Å²) < 4.78 is 14.9. The summed E-state index contributed by atoms with van der Waals surface area (Å²) in [5, 5.41) is 10.8. The summed E-state index contributed by atoms with van der Waals surface area (Å²) in [7, 11) is 1.86. The molecule has 1 aromatic carbocycles. The molecule has 5 nitrogen and oxygen atoms in total. The number of nitrogens with zero attached hydrogens (tertiary/aromatic N) is 3. The lowest BCUT2D eigenvalue weighted by Gasteiger charge is -2.34. The fraction of sp³-hybridized carbons (Fsp3) is 0.444. The second-order valence-corrected chi connectivity index (χ2v) is 6.88. The van der Waals surface area contributed by atoms with Crippen LogP contribution in [0.3, 0.4) is 0 Å². The van der Waals surface area contributed by atoms with Crippen LogP contribution in [0.4, 0.5) is 4.39 Å². The van der Waals surface area contributed by atoms with Crippen LogP contribution in [0.5, 0.6) is 0 Å². The highest BCUT2D eigenvalue weighted by atomic mass is 35.5. The summed E-state index contributed by atoms with van der Waals surface area (Å²) in [6, 6.07) is 4.08. The van der Waals surface area contributed by atoms with Crippen LogP contribution in [0.15, 0.2) is 30.6 Å². The lowest BCUT2D eigenvalue weighted by atomic mass is 9.90. The van der Waals surface area contributed by atoms with E-state index in [-0.39, 0.29) is 23.3 Å². The van der Waals surface area contributed by atoms with Crippen LogP contribution < -0.4 is 0 Å². The van der Waals surface area contributed by atoms with Crippen molar-refractivity contribution in [2.24, 2.45) is 13.0 Å². The third kappa shape index (κ3) is 4.02. The van der Waals surface area contributed by atoms with Gasteiger partial charge < -0.3 is 14.6 Å². The van der Waals surface area contributed by atoms with Crippen molar-refractivity contribution in [2.45, 2.75) is 25.4 Å². The first-order valence-corrected chi connectivity index (χ1v) is 8.70. The molecule has 0 spiro atoms. The highest BCUT2D eigenvalue weighted by Crippen LogP contribution is 2.30. The Balaban J connectivity index is 1.56. The van der Waals surface area contributed by atoms with E-state index in [1.165, 1.54) is 12.1 Å². The van der Waals surface area contributed by atoms with Crippen LogP contribution >= 0.6 is 11.6 Å². The predicted octanol–water partition coefficient (Wildman–Crippen LogP) is 2.73. The topological polar surface area (TPSA) is 58.4 Å². The summed E-state index contributed by atoms with van der Waals surface area (Å²) in [6.07, 6.45) is 4.45. The third-order valence-corrected chi connectivity index (χ3v) is 5.17. The zero-order chi connectivity index (χ0) is 18.0. The van der Waals surface area contributed by atoms with Crippen molar-refractivity contribution in [1.29, 1.82) is 0 Å². The zero-order valence-corrected chi connectivity index (χ0v) is 14.8. The number of piperidine rings is 1. The summed E-state index contributed by atoms with van der Waals surface area (Å²) in [4.78, 5) is 18.4. The lowest BCUT2D eigenvalue weighted by Crippen LogP contribution is -2.40. The van der Waals surface area contributed by atoms with E-state index in [2.05, 4.69) is 4.98 Å². The van der Waals surface area contributed by atoms with Gasteiger partial charge in [-0.3, -0.25) is 4.79 Å². The summed E-state index contributed by atoms with van der Waals surface area (Å²) in [6.45, 7) is 1.17. The third-order valence-electron chi connectivity index (χ3n) is 4.82. The summed E-state index contributed by atoms with van der Waals surface area (Å²) in [5.74, 6) is 0.297. The fourth-order valence-corrected chi connectivity index (χ4v) is 3.51. The molecule has 1 aliphatic rings. The monoisotopic (exact) mass is 365 g/mol. The molecule has 1 unspecified atom stereocenters. The largest absolute Gasteiger partial charge is 0.385 e. The smallest absolute Gasteiger partial charge is 0.227 e. The molecule has 7 heteroatoms. The number of carbonyl (C=O) groups is 1. The zero-order valence-electron chi connectivity index (χ0n) is 14.0. The van der Waals surface area contributed by atoms with E-state index in [9.17, 15) is 14.3 Å². The Hall–Kier alpha value is -1.92. The molecule has 1 fully saturated rings. The molecule has 1 N–H and O–H groups in total. The van der Waals surface area contributed by atoms with E-state index in [0.717, 1.165) is 12.8 Å². The van der Waals surface area contributed by atoms with E-state index < -0.39 is 11.9 Å². The Morgan fingerprint density at radius 3 is 2.76 bits per heavy atom. The van der Waals surface area contributed by atoms with Gasteiger partial charge in [0, 0.05) is 37.6 Å². The number of aliphatic hydroxyl groups excluding tert-OH is 1. The predicted molar refractivity (Wildman–Crippen MR) is 92.6 cm³/mol. The second kappa shape index (κ2) is 7.54. The average molecular weight is 366 g/mol. The number of likely N-dealkylation sites (tertiary alicyclic amines) is 1. The second-order valence-electron chi connectivity index (χ2n) is 6.47. The van der Waals surface area contributed by atoms with Crippen LogP contribution in [0, 0.1) is 11.7 Å². The number of aliphatic hydroxyl groups is 1. The van der Waals surface area contributed by atoms with E-state index in [0.29, 0.717) is 24.5 Å². The molecule has 2 heterocycles. The van der Waals surface area contributed by atoms with Gasteiger partial charge in [0.25, 0.3) is 0 Å². The first kappa shape index (κ1) is 17.9. The van der Waals surface area contributed by atoms with Gasteiger partial charge in [0.2, 0.25) is 5.91 Å². The Morgan fingerprint density at radius 1 is 1.44 bits per heavy atom. The number of hydrogen-bond donors (Lipinski definition) is 1. The van der Waals surface area contributed by atoms with Gasteiger partial charge in [-0.25, -0.2) is 9.37 Å². The van der Waals surface area contributed by atoms with Crippen molar-refractivity contribution < 1.29 is 14.3 Å². The van der Waals surface area contributed by atoms with Crippen molar-refractivity contribution >= 4 is 17.5 Å². The van der Waals surface area contributed by atoms with E-state index >= 15 is 0 Å². The van der Waals surface area contributed by atoms with Crippen LogP contribution in [0.25, 0.3) is 0 Å². The maximum Gasteiger partial charge on any atom is 0.227 e. The molecule has 1 amide bonds. The number of aromatic nitrogens is 2. The number of amides is 1. The quantitative estimate of drug-likeness (QED) is 0.906. The Kier molecular flexibility index (Phi) is 5.39. The van der Waals surface area contributed by atoms with Gasteiger partial charge in [-0.15, -0.1) is 0 Å². The van der Waals surface area contributed by atoms with Crippen LogP contribution in [-0.4, -0.2) is 38.6 Å². The number of halogens is 2. The molecule has 1 aliphatic heterocycles. The maximum atomic E-state index is 13.1. The SMILES string of the molecule is Cn1ccnc1C(O)C1CCN(C(=O)Cc2ccc(F)cc2Cl)CC1. The van der Waals surface area contributed by atoms with Crippen LogP contribution in [0.1, 0.15) is 30.3 Å². The molecule has 134 valence electrons. The minimum atomic E-state index is -0.621. The molecule has 1 saturated heterocycles. The van der Waals surface area contributed by atoms with Gasteiger partial charge in [-0.05, 0) is 36.5 Å². The molecule has 1 atom stereocenters. The lowest BCUT2D eigenvalue weighted by molar-refractivity contribution is -0.132. The van der Waals surface area contributed by atoms with E-state index in [1.807, 2.05) is 17.8 Å². The van der Waals surface area contributed by atoms with Gasteiger partial charge in [-0.1, -0.05) is 17.7 Å². The van der Waals surface area contributed by atoms with Gasteiger partial charge in [0.1, 0.15) is 17.7 Å². The normalized spacial score (nSPS) is 16.9. The summed E-state index contributed by atoms with van der Waals surface area (Å²) in [5.41, 5.74) is 0.628. The Bertz CT molecular complexity index is 757. The molecule has 3 rings (SSSR count). The fourth-order valence-electron chi connectivity index (χ4n) is 3.28. The number of aryl methyl sites for hydroxylation is 1. The molecule has 0 aliphatic carbocycles. The van der Waals surface area contributed by atoms with Crippen molar-refractivity contribution in [3.8, 4) is 0 Å². The molecule has 1 aromatic heterocycles. The molecular formula is C18H21ClFN3O2. The number of imidazole rings is 1. The minimum absolute atomic E-state index is 0.0292. The first-order chi connectivity index (χ1) is 12.0. The first-order valence-electron chi connectivity index (χ1n) is 8.32. The highest BCUT2D eigenvalue weighted by molar-refractivity contribution is 6.31. The Morgan fingerprint density at radius 2 is 2.16 bits per heavy atom. The van der Waals surface area contributed by atoms with E-state index in [1.54, 1.807) is 17.2 Å². The molecule has 0 bridgehead atoms. The molecule has 0 radical (unpaired) electrons. The molecule has 2 aromatic rings. The van der Waals surface area contributed by atoms with E-state index in [4.69, 9.17) is 11.6 Å². The average Bonchev–Trinajstić information content (AvgIpc) is 3.03. The van der Waals surface area contributed by atoms with Crippen molar-refractivity contribution in [3.63, 3.8) is 0 Å². The standard InChI is InChI=1S/C18H21ClFN3O2/c1-22-9-6-21-18(22)17(25)12-4-7-23(8-5-12)16(24)10-13-2-3-14(20)11-15(13)19/h2-3,6,9,11-12,17,25H,4-5,7-8,10H2,1H3. The molecular weight excluding hydrogens is 345 g/mol. The van der Waals surface area contributed by atoms with Crippen molar-refractivity contribution in [1.82, 2.24) is 14.5 Å². The van der Waals surface area contributed by atoms with Crippen LogP contribution in [0.2, 0.25) is 5.02 Å². The maximum absolute atomic E-state index is 13.1.